The van der Waals surface area contributed by atoms with E-state index in [0.29, 0.717) is 5.89 Å². The number of fused-ring (bicyclic) bond motifs is 3. The molecule has 4 rings (SSSR count). The third kappa shape index (κ3) is 2.08. The Labute approximate surface area is 129 Å². The Kier molecular flexibility index (Phi) is 2.96. The van der Waals surface area contributed by atoms with E-state index in [9.17, 15) is 0 Å². The molecule has 0 fully saturated rings. The van der Waals surface area contributed by atoms with Gasteiger partial charge in [-0.15, -0.1) is 0 Å². The molecule has 1 aliphatic rings. The number of ether oxygens (including phenoxy) is 1. The van der Waals surface area contributed by atoms with Crippen LogP contribution in [0.5, 0.6) is 5.75 Å². The van der Waals surface area contributed by atoms with Gasteiger partial charge in [-0.25, -0.2) is 9.55 Å². The van der Waals surface area contributed by atoms with E-state index >= 15 is 0 Å². The zero-order chi connectivity index (χ0) is 15.1. The standard InChI is InChI=1S/C18H17N2O2/c1-20-9-7-12(8-10-20)18-19-16-6-3-13-11-14(21-2)4-5-15(13)17(16)22-18/h4-5,7-11H,3,6H2,1-2H3/q+1. The molecule has 110 valence electrons. The second-order valence-electron chi connectivity index (χ2n) is 5.57. The highest BCUT2D eigenvalue weighted by atomic mass is 16.5. The lowest BCUT2D eigenvalue weighted by atomic mass is 9.93. The minimum atomic E-state index is 0.689. The average molecular weight is 293 g/mol. The van der Waals surface area contributed by atoms with Gasteiger partial charge in [-0.2, -0.15) is 0 Å². The van der Waals surface area contributed by atoms with Crippen LogP contribution in [0.25, 0.3) is 22.8 Å². The van der Waals surface area contributed by atoms with Crippen LogP contribution in [0.15, 0.2) is 47.1 Å². The van der Waals surface area contributed by atoms with E-state index in [0.717, 1.165) is 41.2 Å². The molecular formula is C18H17N2O2+. The van der Waals surface area contributed by atoms with Crippen molar-refractivity contribution in [3.63, 3.8) is 0 Å². The van der Waals surface area contributed by atoms with Gasteiger partial charge in [-0.05, 0) is 36.6 Å². The molecule has 2 aromatic heterocycles. The molecule has 0 saturated carbocycles. The van der Waals surface area contributed by atoms with Crippen molar-refractivity contribution in [2.45, 2.75) is 12.8 Å². The number of benzene rings is 1. The number of oxazole rings is 1. The summed E-state index contributed by atoms with van der Waals surface area (Å²) in [5.41, 5.74) is 4.43. The molecule has 3 aromatic rings. The van der Waals surface area contributed by atoms with Gasteiger partial charge in [0.2, 0.25) is 5.89 Å². The Morgan fingerprint density at radius 3 is 2.73 bits per heavy atom. The summed E-state index contributed by atoms with van der Waals surface area (Å²) in [5, 5.41) is 0. The summed E-state index contributed by atoms with van der Waals surface area (Å²) in [6.07, 6.45) is 5.86. The van der Waals surface area contributed by atoms with E-state index in [1.165, 1.54) is 5.56 Å². The van der Waals surface area contributed by atoms with Crippen LogP contribution >= 0.6 is 0 Å². The second-order valence-corrected chi connectivity index (χ2v) is 5.57. The zero-order valence-corrected chi connectivity index (χ0v) is 12.7. The van der Waals surface area contributed by atoms with E-state index in [-0.39, 0.29) is 0 Å². The Balaban J connectivity index is 1.80. The number of pyridine rings is 1. The van der Waals surface area contributed by atoms with Crippen LogP contribution in [-0.4, -0.2) is 12.1 Å². The van der Waals surface area contributed by atoms with Crippen molar-refractivity contribution in [1.29, 1.82) is 0 Å². The molecule has 22 heavy (non-hydrogen) atoms. The Bertz CT molecular complexity index is 835. The lowest BCUT2D eigenvalue weighted by Gasteiger charge is -2.14. The van der Waals surface area contributed by atoms with Crippen LogP contribution in [0.2, 0.25) is 0 Å². The molecule has 0 saturated heterocycles. The van der Waals surface area contributed by atoms with Crippen LogP contribution in [0.1, 0.15) is 11.3 Å². The highest BCUT2D eigenvalue weighted by Crippen LogP contribution is 2.37. The largest absolute Gasteiger partial charge is 0.497 e. The molecule has 0 amide bonds. The summed E-state index contributed by atoms with van der Waals surface area (Å²) in [6, 6.07) is 10.2. The van der Waals surface area contributed by atoms with Crippen molar-refractivity contribution >= 4 is 0 Å². The maximum atomic E-state index is 6.07. The predicted octanol–water partition coefficient (Wildman–Crippen LogP) is 2.94. The monoisotopic (exact) mass is 293 g/mol. The minimum Gasteiger partial charge on any atom is -0.497 e. The van der Waals surface area contributed by atoms with Crippen LogP contribution < -0.4 is 9.30 Å². The van der Waals surface area contributed by atoms with E-state index in [1.54, 1.807) is 7.11 Å². The summed E-state index contributed by atoms with van der Waals surface area (Å²) in [5.74, 6) is 2.47. The molecule has 0 unspecified atom stereocenters. The van der Waals surface area contributed by atoms with Gasteiger partial charge in [0.05, 0.1) is 12.8 Å². The molecule has 0 atom stereocenters. The van der Waals surface area contributed by atoms with E-state index in [4.69, 9.17) is 9.15 Å². The first kappa shape index (κ1) is 13.1. The quantitative estimate of drug-likeness (QED) is 0.682. The number of hydrogen-bond acceptors (Lipinski definition) is 3. The molecule has 0 radical (unpaired) electrons. The SMILES string of the molecule is COc1ccc2c(c1)CCc1nc(-c3cc[n+](C)cc3)oc1-2. The summed E-state index contributed by atoms with van der Waals surface area (Å²) in [4.78, 5) is 4.68. The van der Waals surface area contributed by atoms with E-state index in [1.807, 2.05) is 42.2 Å². The molecule has 4 nitrogen and oxygen atoms in total. The van der Waals surface area contributed by atoms with Crippen molar-refractivity contribution in [1.82, 2.24) is 4.98 Å². The third-order valence-electron chi connectivity index (χ3n) is 4.11. The van der Waals surface area contributed by atoms with Crippen molar-refractivity contribution in [3.05, 3.63) is 54.0 Å². The fourth-order valence-corrected chi connectivity index (χ4v) is 2.88. The Hall–Kier alpha value is -2.62. The van der Waals surface area contributed by atoms with Gasteiger partial charge in [0.25, 0.3) is 0 Å². The van der Waals surface area contributed by atoms with Crippen LogP contribution in [0, 0.1) is 0 Å². The molecule has 1 aliphatic carbocycles. The molecule has 4 heteroatoms. The third-order valence-corrected chi connectivity index (χ3v) is 4.11. The molecular weight excluding hydrogens is 276 g/mol. The summed E-state index contributed by atoms with van der Waals surface area (Å²) < 4.78 is 13.4. The summed E-state index contributed by atoms with van der Waals surface area (Å²) >= 11 is 0. The summed E-state index contributed by atoms with van der Waals surface area (Å²) in [6.45, 7) is 0. The maximum Gasteiger partial charge on any atom is 0.227 e. The molecule has 1 aromatic carbocycles. The van der Waals surface area contributed by atoms with Gasteiger partial charge in [0, 0.05) is 23.3 Å². The molecule has 2 heterocycles. The predicted molar refractivity (Wildman–Crippen MR) is 82.5 cm³/mol. The smallest absolute Gasteiger partial charge is 0.227 e. The van der Waals surface area contributed by atoms with Crippen LogP contribution in [-0.2, 0) is 19.9 Å². The molecule has 0 aliphatic heterocycles. The zero-order valence-electron chi connectivity index (χ0n) is 12.7. The second kappa shape index (κ2) is 4.98. The van der Waals surface area contributed by atoms with Gasteiger partial charge in [-0.1, -0.05) is 0 Å². The van der Waals surface area contributed by atoms with Crippen molar-refractivity contribution in [3.8, 4) is 28.5 Å². The number of methoxy groups -OCH3 is 1. The van der Waals surface area contributed by atoms with Gasteiger partial charge in [0.15, 0.2) is 18.2 Å². The summed E-state index contributed by atoms with van der Waals surface area (Å²) in [7, 11) is 3.69. The Morgan fingerprint density at radius 1 is 1.14 bits per heavy atom. The van der Waals surface area contributed by atoms with Gasteiger partial charge < -0.3 is 9.15 Å². The average Bonchev–Trinajstić information content (AvgIpc) is 2.99. The normalized spacial score (nSPS) is 12.6. The first-order valence-corrected chi connectivity index (χ1v) is 7.37. The van der Waals surface area contributed by atoms with E-state index < -0.39 is 0 Å². The van der Waals surface area contributed by atoms with E-state index in [2.05, 4.69) is 17.1 Å². The maximum absolute atomic E-state index is 6.07. The number of aryl methyl sites for hydroxylation is 3. The lowest BCUT2D eigenvalue weighted by molar-refractivity contribution is -0.671. The number of hydrogen-bond donors (Lipinski definition) is 0. The van der Waals surface area contributed by atoms with Crippen molar-refractivity contribution in [2.75, 3.05) is 7.11 Å². The number of aromatic nitrogens is 2. The molecule has 0 spiro atoms. The van der Waals surface area contributed by atoms with Crippen molar-refractivity contribution < 1.29 is 13.7 Å². The van der Waals surface area contributed by atoms with Gasteiger partial charge in [0.1, 0.15) is 12.8 Å². The molecule has 0 bridgehead atoms. The Morgan fingerprint density at radius 2 is 1.95 bits per heavy atom. The number of nitrogens with zero attached hydrogens (tertiary/aromatic N) is 2. The first-order chi connectivity index (χ1) is 10.7. The minimum absolute atomic E-state index is 0.689. The van der Waals surface area contributed by atoms with Gasteiger partial charge in [-0.3, -0.25) is 0 Å². The highest BCUT2D eigenvalue weighted by Gasteiger charge is 2.23. The molecule has 0 N–H and O–H groups in total. The fourth-order valence-electron chi connectivity index (χ4n) is 2.88. The fraction of sp³-hybridized carbons (Fsp3) is 0.222. The van der Waals surface area contributed by atoms with Crippen LogP contribution in [0.4, 0.5) is 0 Å². The topological polar surface area (TPSA) is 39.1 Å². The number of rotatable bonds is 2. The van der Waals surface area contributed by atoms with Crippen molar-refractivity contribution in [2.24, 2.45) is 7.05 Å². The van der Waals surface area contributed by atoms with Crippen LogP contribution in [0.3, 0.4) is 0 Å². The first-order valence-electron chi connectivity index (χ1n) is 7.37. The lowest BCUT2D eigenvalue weighted by Crippen LogP contribution is -2.25. The van der Waals surface area contributed by atoms with Gasteiger partial charge >= 0.3 is 0 Å². The highest BCUT2D eigenvalue weighted by molar-refractivity contribution is 5.70.